The molecule has 0 aliphatic carbocycles. The standard InChI is InChI=1S/C24H22N4O5/c29-21(10-11-22-26-17-6-2-3-7-19(17)32-22)25-16-8-9-20-18(14-16)28(24(31)33-20)15-23(30)27-12-4-1-5-13-27/h2-3,6-11,14H,1,4-5,12-13,15H2,(H,25,29)/b11-10+. The number of anilines is 1. The lowest BCUT2D eigenvalue weighted by Gasteiger charge is -2.26. The average Bonchev–Trinajstić information content (AvgIpc) is 3.38. The third kappa shape index (κ3) is 4.43. The molecule has 0 radical (unpaired) electrons. The highest BCUT2D eigenvalue weighted by atomic mass is 16.4. The molecule has 0 atom stereocenters. The predicted molar refractivity (Wildman–Crippen MR) is 123 cm³/mol. The number of nitrogens with one attached hydrogen (secondary N) is 1. The van der Waals surface area contributed by atoms with E-state index in [-0.39, 0.29) is 12.5 Å². The summed E-state index contributed by atoms with van der Waals surface area (Å²) in [5.74, 6) is -0.787. The molecule has 168 valence electrons. The van der Waals surface area contributed by atoms with Crippen LogP contribution in [0.5, 0.6) is 0 Å². The number of aromatic nitrogens is 2. The predicted octanol–water partition coefficient (Wildman–Crippen LogP) is 3.40. The van der Waals surface area contributed by atoms with Crippen molar-refractivity contribution in [2.24, 2.45) is 0 Å². The summed E-state index contributed by atoms with van der Waals surface area (Å²) in [4.78, 5) is 43.4. The Labute approximate surface area is 188 Å². The van der Waals surface area contributed by atoms with Crippen LogP contribution < -0.4 is 11.1 Å². The largest absolute Gasteiger partial charge is 0.437 e. The number of benzene rings is 2. The topological polar surface area (TPSA) is 111 Å². The van der Waals surface area contributed by atoms with Crippen LogP contribution in [0.15, 0.2) is 62.2 Å². The summed E-state index contributed by atoms with van der Waals surface area (Å²) < 4.78 is 12.1. The zero-order valence-electron chi connectivity index (χ0n) is 17.8. The van der Waals surface area contributed by atoms with E-state index < -0.39 is 11.7 Å². The zero-order chi connectivity index (χ0) is 22.8. The van der Waals surface area contributed by atoms with Gasteiger partial charge in [0.2, 0.25) is 17.7 Å². The fourth-order valence-corrected chi connectivity index (χ4v) is 3.96. The van der Waals surface area contributed by atoms with Crippen LogP contribution in [-0.2, 0) is 16.1 Å². The Bertz CT molecular complexity index is 1390. The minimum absolute atomic E-state index is 0.0964. The van der Waals surface area contributed by atoms with Crippen molar-refractivity contribution in [3.63, 3.8) is 0 Å². The molecule has 9 heteroatoms. The van der Waals surface area contributed by atoms with Gasteiger partial charge in [-0.05, 0) is 49.6 Å². The van der Waals surface area contributed by atoms with E-state index in [4.69, 9.17) is 8.83 Å². The minimum atomic E-state index is -0.602. The molecule has 9 nitrogen and oxygen atoms in total. The highest BCUT2D eigenvalue weighted by Crippen LogP contribution is 2.20. The molecule has 0 saturated carbocycles. The summed E-state index contributed by atoms with van der Waals surface area (Å²) in [5, 5.41) is 2.74. The Kier molecular flexibility index (Phi) is 5.52. The van der Waals surface area contributed by atoms with Crippen molar-refractivity contribution < 1.29 is 18.4 Å². The van der Waals surface area contributed by atoms with Crippen LogP contribution >= 0.6 is 0 Å². The second-order valence-electron chi connectivity index (χ2n) is 7.92. The molecule has 0 bridgehead atoms. The number of hydrogen-bond donors (Lipinski definition) is 1. The fraction of sp³-hybridized carbons (Fsp3) is 0.250. The molecular formula is C24H22N4O5. The van der Waals surface area contributed by atoms with E-state index in [2.05, 4.69) is 10.3 Å². The van der Waals surface area contributed by atoms with E-state index in [0.29, 0.717) is 46.9 Å². The lowest BCUT2D eigenvalue weighted by molar-refractivity contribution is -0.132. The maximum absolute atomic E-state index is 12.6. The zero-order valence-corrected chi connectivity index (χ0v) is 17.8. The summed E-state index contributed by atoms with van der Waals surface area (Å²) in [6.45, 7) is 1.31. The molecule has 1 saturated heterocycles. The number of fused-ring (bicyclic) bond motifs is 2. The Morgan fingerprint density at radius 1 is 1.03 bits per heavy atom. The summed E-state index contributed by atoms with van der Waals surface area (Å²) in [7, 11) is 0. The van der Waals surface area contributed by atoms with Gasteiger partial charge in [0, 0.05) is 30.9 Å². The molecule has 33 heavy (non-hydrogen) atoms. The van der Waals surface area contributed by atoms with Gasteiger partial charge >= 0.3 is 5.76 Å². The number of carbonyl (C=O) groups excluding carboxylic acids is 2. The molecule has 0 spiro atoms. The van der Waals surface area contributed by atoms with Crippen molar-refractivity contribution in [3.8, 4) is 0 Å². The fourth-order valence-electron chi connectivity index (χ4n) is 3.96. The number of amides is 2. The van der Waals surface area contributed by atoms with Gasteiger partial charge in [0.05, 0.1) is 5.52 Å². The molecule has 1 N–H and O–H groups in total. The van der Waals surface area contributed by atoms with Crippen molar-refractivity contribution >= 4 is 45.8 Å². The quantitative estimate of drug-likeness (QED) is 0.471. The van der Waals surface area contributed by atoms with Gasteiger partial charge in [-0.15, -0.1) is 0 Å². The third-order valence-corrected chi connectivity index (χ3v) is 5.62. The molecule has 2 aromatic heterocycles. The van der Waals surface area contributed by atoms with E-state index >= 15 is 0 Å². The van der Waals surface area contributed by atoms with Crippen LogP contribution in [0.25, 0.3) is 28.3 Å². The number of oxazole rings is 2. The van der Waals surface area contributed by atoms with E-state index in [1.807, 2.05) is 18.2 Å². The normalized spacial score (nSPS) is 14.4. The first kappa shape index (κ1) is 20.7. The first-order valence-corrected chi connectivity index (χ1v) is 10.8. The van der Waals surface area contributed by atoms with Gasteiger partial charge < -0.3 is 19.1 Å². The lowest BCUT2D eigenvalue weighted by Crippen LogP contribution is -2.39. The highest BCUT2D eigenvalue weighted by molar-refractivity contribution is 6.02. The van der Waals surface area contributed by atoms with E-state index in [9.17, 15) is 14.4 Å². The van der Waals surface area contributed by atoms with Crippen molar-refractivity contribution in [3.05, 3.63) is 65.0 Å². The van der Waals surface area contributed by atoms with Crippen LogP contribution in [0.1, 0.15) is 25.2 Å². The van der Waals surface area contributed by atoms with Crippen molar-refractivity contribution in [1.82, 2.24) is 14.5 Å². The second kappa shape index (κ2) is 8.78. The molecule has 0 unspecified atom stereocenters. The van der Waals surface area contributed by atoms with E-state index in [1.54, 1.807) is 29.2 Å². The second-order valence-corrected chi connectivity index (χ2v) is 7.92. The maximum Gasteiger partial charge on any atom is 0.420 e. The molecule has 5 rings (SSSR count). The van der Waals surface area contributed by atoms with Crippen LogP contribution in [0, 0.1) is 0 Å². The van der Waals surface area contributed by atoms with Crippen molar-refractivity contribution in [1.29, 1.82) is 0 Å². The number of likely N-dealkylation sites (tertiary alicyclic amines) is 1. The number of carbonyl (C=O) groups is 2. The van der Waals surface area contributed by atoms with Crippen molar-refractivity contribution in [2.75, 3.05) is 18.4 Å². The summed E-state index contributed by atoms with van der Waals surface area (Å²) in [6, 6.07) is 12.2. The molecule has 1 aliphatic rings. The van der Waals surface area contributed by atoms with Crippen LogP contribution in [0.3, 0.4) is 0 Å². The minimum Gasteiger partial charge on any atom is -0.437 e. The van der Waals surface area contributed by atoms with E-state index in [0.717, 1.165) is 19.3 Å². The number of para-hydroxylation sites is 2. The number of piperidine rings is 1. The van der Waals surface area contributed by atoms with Gasteiger partial charge in [0.1, 0.15) is 12.1 Å². The lowest BCUT2D eigenvalue weighted by atomic mass is 10.1. The molecule has 3 heterocycles. The Hall–Kier alpha value is -4.14. The highest BCUT2D eigenvalue weighted by Gasteiger charge is 2.20. The van der Waals surface area contributed by atoms with Gasteiger partial charge in [-0.2, -0.15) is 0 Å². The average molecular weight is 446 g/mol. The first-order valence-electron chi connectivity index (χ1n) is 10.8. The Morgan fingerprint density at radius 2 is 1.85 bits per heavy atom. The van der Waals surface area contributed by atoms with Crippen LogP contribution in [0.2, 0.25) is 0 Å². The molecular weight excluding hydrogens is 424 g/mol. The van der Waals surface area contributed by atoms with Gasteiger partial charge in [-0.1, -0.05) is 12.1 Å². The molecule has 1 fully saturated rings. The SMILES string of the molecule is O=C(/C=C/c1nc2ccccc2o1)Nc1ccc2oc(=O)n(CC(=O)N3CCCCC3)c2c1. The van der Waals surface area contributed by atoms with Crippen molar-refractivity contribution in [2.45, 2.75) is 25.8 Å². The van der Waals surface area contributed by atoms with Crippen LogP contribution in [0.4, 0.5) is 5.69 Å². The molecule has 2 amide bonds. The number of hydrogen-bond acceptors (Lipinski definition) is 6. The van der Waals surface area contributed by atoms with Gasteiger partial charge in [0.25, 0.3) is 0 Å². The van der Waals surface area contributed by atoms with Gasteiger partial charge in [0.15, 0.2) is 11.2 Å². The number of nitrogens with zero attached hydrogens (tertiary/aromatic N) is 3. The molecule has 4 aromatic rings. The third-order valence-electron chi connectivity index (χ3n) is 5.62. The Morgan fingerprint density at radius 3 is 2.67 bits per heavy atom. The van der Waals surface area contributed by atoms with E-state index in [1.165, 1.54) is 16.7 Å². The molecule has 2 aromatic carbocycles. The smallest absolute Gasteiger partial charge is 0.420 e. The summed E-state index contributed by atoms with van der Waals surface area (Å²) >= 11 is 0. The first-order chi connectivity index (χ1) is 16.1. The van der Waals surface area contributed by atoms with Crippen LogP contribution in [-0.4, -0.2) is 39.4 Å². The molecule has 1 aliphatic heterocycles. The van der Waals surface area contributed by atoms with Gasteiger partial charge in [-0.25, -0.2) is 9.78 Å². The van der Waals surface area contributed by atoms with Gasteiger partial charge in [-0.3, -0.25) is 14.2 Å². The number of rotatable bonds is 5. The Balaban J connectivity index is 1.32. The summed E-state index contributed by atoms with van der Waals surface area (Å²) in [5.41, 5.74) is 2.62. The summed E-state index contributed by atoms with van der Waals surface area (Å²) in [6.07, 6.45) is 5.86. The monoisotopic (exact) mass is 446 g/mol. The maximum atomic E-state index is 12.6.